The lowest BCUT2D eigenvalue weighted by Gasteiger charge is -2.39. The second-order valence-electron chi connectivity index (χ2n) is 14.9. The van der Waals surface area contributed by atoms with Crippen LogP contribution >= 0.6 is 0 Å². The van der Waals surface area contributed by atoms with Gasteiger partial charge < -0.3 is 33.9 Å². The Hall–Kier alpha value is -4.92. The number of pyridine rings is 2. The Morgan fingerprint density at radius 2 is 1.75 bits per heavy atom. The first kappa shape index (κ1) is 38.4. The molecule has 4 aliphatic rings. The first-order valence-electron chi connectivity index (χ1n) is 19.0. The summed E-state index contributed by atoms with van der Waals surface area (Å²) in [5.41, 5.74) is 3.65. The predicted octanol–water partition coefficient (Wildman–Crippen LogP) is 4.28. The van der Waals surface area contributed by atoms with Crippen molar-refractivity contribution >= 4 is 28.8 Å². The third kappa shape index (κ3) is 8.51. The number of allylic oxidation sites excluding steroid dienone is 1. The summed E-state index contributed by atoms with van der Waals surface area (Å²) in [7, 11) is 4.95. The number of piperidine rings is 2. The highest BCUT2D eigenvalue weighted by atomic mass is 19.1. The Morgan fingerprint density at radius 1 is 0.964 bits per heavy atom. The molecule has 6 heterocycles. The number of aliphatic imine (C=N–C) groups is 1. The number of carbonyl (C=O) groups is 2. The zero-order chi connectivity index (χ0) is 38.6. The van der Waals surface area contributed by atoms with Crippen molar-refractivity contribution in [1.82, 2.24) is 29.6 Å². The van der Waals surface area contributed by atoms with Gasteiger partial charge in [-0.15, -0.1) is 0 Å². The van der Waals surface area contributed by atoms with Crippen molar-refractivity contribution in [1.29, 1.82) is 0 Å². The van der Waals surface area contributed by atoms with Gasteiger partial charge in [-0.25, -0.2) is 9.18 Å². The van der Waals surface area contributed by atoms with Gasteiger partial charge in [0.2, 0.25) is 0 Å². The molecule has 3 fully saturated rings. The van der Waals surface area contributed by atoms with E-state index < -0.39 is 18.3 Å². The summed E-state index contributed by atoms with van der Waals surface area (Å²) in [5, 5.41) is 4.02. The van der Waals surface area contributed by atoms with Gasteiger partial charge in [0.1, 0.15) is 23.7 Å². The fraction of sp³-hybridized carbons (Fsp3) is 0.488. The van der Waals surface area contributed by atoms with Crippen molar-refractivity contribution in [3.8, 4) is 22.6 Å². The molecule has 55 heavy (non-hydrogen) atoms. The predicted molar refractivity (Wildman–Crippen MR) is 208 cm³/mol. The summed E-state index contributed by atoms with van der Waals surface area (Å²) in [5.74, 6) is 1.26. The molecule has 3 aromatic rings. The second kappa shape index (κ2) is 16.8. The van der Waals surface area contributed by atoms with Crippen LogP contribution in [0.4, 0.5) is 9.18 Å². The molecule has 292 valence electrons. The van der Waals surface area contributed by atoms with Gasteiger partial charge in [0.25, 0.3) is 5.56 Å². The molecule has 2 amide bonds. The number of ketones is 1. The minimum Gasteiger partial charge on any atom is -0.496 e. The molecule has 4 aliphatic heterocycles. The summed E-state index contributed by atoms with van der Waals surface area (Å²) < 4.78 is 35.3. The Labute approximate surface area is 320 Å². The van der Waals surface area contributed by atoms with Crippen LogP contribution in [0.2, 0.25) is 0 Å². The van der Waals surface area contributed by atoms with Crippen LogP contribution in [0.25, 0.3) is 21.9 Å². The summed E-state index contributed by atoms with van der Waals surface area (Å²) >= 11 is 0. The molecule has 1 N–H and O–H groups in total. The SMILES string of the molecule is C=C1CCN(CC2=CC=NC(CCN3CCC(O[C@@H]4CCN(Cc5cc(OC)c(-c6cn(C)c(=O)c7cnccc67)cc5OC)C[C@H]4F)CC3)C2=O)C(=O)N1. The number of methoxy groups -OCH3 is 2. The maximum absolute atomic E-state index is 15.7. The maximum atomic E-state index is 15.7. The summed E-state index contributed by atoms with van der Waals surface area (Å²) in [6.07, 6.45) is 10.3. The van der Waals surface area contributed by atoms with Crippen molar-refractivity contribution in [3.63, 3.8) is 0 Å². The quantitative estimate of drug-likeness (QED) is 0.288. The number of nitrogens with one attached hydrogen (secondary N) is 1. The summed E-state index contributed by atoms with van der Waals surface area (Å²) in [4.78, 5) is 52.9. The number of hydrogen-bond donors (Lipinski definition) is 1. The second-order valence-corrected chi connectivity index (χ2v) is 14.9. The number of Topliss-reactive ketones (excluding diaryl/α,β-unsaturated/α-hetero) is 1. The number of halogens is 1. The third-order valence-electron chi connectivity index (χ3n) is 11.2. The molecule has 0 bridgehead atoms. The standard InChI is InChI=1S/C41H50FN7O6/c1-26-7-18-49(41(52)45-26)23-27-5-13-44-35(39(27)50)10-16-47-14-8-29(9-15-47)55-36-11-17-48(25-34(36)42)22-28-19-38(54-4)31(20-37(28)53-3)33-24-46(2)40(51)32-21-43-12-6-30(32)33/h5-6,12-13,19-21,24,29,34-36H,1,7-11,14-18,22-23,25H2,2-4H3,(H,45,52)/t34-,35?,36-/m1/s1. The van der Waals surface area contributed by atoms with Crippen LogP contribution in [-0.2, 0) is 23.1 Å². The van der Waals surface area contributed by atoms with Gasteiger partial charge in [-0.1, -0.05) is 6.58 Å². The number of hydrogen-bond acceptors (Lipinski definition) is 10. The van der Waals surface area contributed by atoms with Gasteiger partial charge >= 0.3 is 6.03 Å². The zero-order valence-corrected chi connectivity index (χ0v) is 31.8. The van der Waals surface area contributed by atoms with E-state index in [-0.39, 0.29) is 36.6 Å². The first-order valence-corrected chi connectivity index (χ1v) is 19.0. The Balaban J connectivity index is 0.889. The fourth-order valence-electron chi connectivity index (χ4n) is 8.08. The minimum absolute atomic E-state index is 0.0112. The average molecular weight is 756 g/mol. The smallest absolute Gasteiger partial charge is 0.321 e. The number of aryl methyl sites for hydroxylation is 1. The van der Waals surface area contributed by atoms with Crippen LogP contribution in [-0.4, -0.2) is 127 Å². The van der Waals surface area contributed by atoms with E-state index in [9.17, 15) is 14.4 Å². The molecule has 2 aromatic heterocycles. The monoisotopic (exact) mass is 755 g/mol. The molecule has 14 heteroatoms. The van der Waals surface area contributed by atoms with E-state index in [0.717, 1.165) is 54.6 Å². The van der Waals surface area contributed by atoms with E-state index in [1.807, 2.05) is 18.2 Å². The Morgan fingerprint density at radius 3 is 2.49 bits per heavy atom. The number of carbonyl (C=O) groups excluding carboxylic acids is 2. The molecule has 0 radical (unpaired) electrons. The lowest BCUT2D eigenvalue weighted by Crippen LogP contribution is -2.48. The first-order chi connectivity index (χ1) is 26.6. The molecule has 3 atom stereocenters. The lowest BCUT2D eigenvalue weighted by atomic mass is 9.97. The number of rotatable bonds is 12. The van der Waals surface area contributed by atoms with E-state index in [4.69, 9.17) is 14.2 Å². The molecule has 0 saturated carbocycles. The van der Waals surface area contributed by atoms with Gasteiger partial charge in [0.15, 0.2) is 5.78 Å². The number of nitrogens with zero attached hydrogens (tertiary/aromatic N) is 6. The number of urea groups is 1. The average Bonchev–Trinajstić information content (AvgIpc) is 3.19. The number of dihydropyridines is 1. The van der Waals surface area contributed by atoms with Crippen LogP contribution in [0.5, 0.6) is 11.5 Å². The van der Waals surface area contributed by atoms with Crippen LogP contribution < -0.4 is 20.3 Å². The van der Waals surface area contributed by atoms with Crippen LogP contribution in [0.3, 0.4) is 0 Å². The number of aromatic nitrogens is 2. The van der Waals surface area contributed by atoms with E-state index in [1.165, 1.54) is 0 Å². The van der Waals surface area contributed by atoms with Gasteiger partial charge in [-0.2, -0.15) is 0 Å². The molecular formula is C41H50FN7O6. The minimum atomic E-state index is -1.13. The maximum Gasteiger partial charge on any atom is 0.321 e. The molecule has 0 spiro atoms. The highest BCUT2D eigenvalue weighted by Gasteiger charge is 2.34. The van der Waals surface area contributed by atoms with Gasteiger partial charge in [0.05, 0.1) is 38.4 Å². The van der Waals surface area contributed by atoms with Crippen LogP contribution in [0.15, 0.2) is 70.5 Å². The Kier molecular flexibility index (Phi) is 11.7. The molecular weight excluding hydrogens is 705 g/mol. The zero-order valence-electron chi connectivity index (χ0n) is 31.8. The normalized spacial score (nSPS) is 22.9. The number of fused-ring (bicyclic) bond motifs is 1. The van der Waals surface area contributed by atoms with E-state index >= 15 is 4.39 Å². The van der Waals surface area contributed by atoms with Gasteiger partial charge in [-0.3, -0.25) is 24.5 Å². The number of likely N-dealkylation sites (tertiary alicyclic amines) is 2. The molecule has 1 unspecified atom stereocenters. The third-order valence-corrected chi connectivity index (χ3v) is 11.2. The molecule has 0 aliphatic carbocycles. The van der Waals surface area contributed by atoms with Crippen molar-refractivity contribution in [2.75, 3.05) is 60.0 Å². The molecule has 1 aromatic carbocycles. The van der Waals surface area contributed by atoms with Crippen molar-refractivity contribution < 1.29 is 28.2 Å². The lowest BCUT2D eigenvalue weighted by molar-refractivity contribution is -0.117. The van der Waals surface area contributed by atoms with Gasteiger partial charge in [-0.05, 0) is 55.3 Å². The Bertz CT molecular complexity index is 2060. The number of ether oxygens (including phenoxy) is 3. The summed E-state index contributed by atoms with van der Waals surface area (Å²) in [6, 6.07) is 5.01. The van der Waals surface area contributed by atoms with Crippen LogP contribution in [0.1, 0.15) is 37.7 Å². The van der Waals surface area contributed by atoms with Crippen molar-refractivity contribution in [3.05, 3.63) is 76.6 Å². The highest BCUT2D eigenvalue weighted by molar-refractivity contribution is 6.06. The number of benzene rings is 1. The summed E-state index contributed by atoms with van der Waals surface area (Å²) in [6.45, 7) is 8.39. The number of amides is 2. The number of alkyl halides is 1. The van der Waals surface area contributed by atoms with Crippen LogP contribution in [0, 0.1) is 0 Å². The molecule has 13 nitrogen and oxygen atoms in total. The highest BCUT2D eigenvalue weighted by Crippen LogP contribution is 2.39. The topological polar surface area (TPSA) is 131 Å². The van der Waals surface area contributed by atoms with Crippen molar-refractivity contribution in [2.24, 2.45) is 12.0 Å². The van der Waals surface area contributed by atoms with E-state index in [0.29, 0.717) is 67.1 Å². The van der Waals surface area contributed by atoms with E-state index in [2.05, 4.69) is 31.7 Å². The fourth-order valence-corrected chi connectivity index (χ4v) is 8.08. The van der Waals surface area contributed by atoms with Gasteiger partial charge in [0, 0.05) is 112 Å². The molecule has 7 rings (SSSR count). The molecule has 3 saturated heterocycles. The largest absolute Gasteiger partial charge is 0.496 e. The van der Waals surface area contributed by atoms with Crippen molar-refractivity contribution in [2.45, 2.75) is 63.1 Å². The van der Waals surface area contributed by atoms with E-state index in [1.54, 1.807) is 61.6 Å².